The van der Waals surface area contributed by atoms with Gasteiger partial charge in [0.2, 0.25) is 0 Å². The third-order valence-electron chi connectivity index (χ3n) is 1.97. The van der Waals surface area contributed by atoms with E-state index in [0.717, 1.165) is 0 Å². The van der Waals surface area contributed by atoms with E-state index in [1.165, 1.54) is 0 Å². The summed E-state index contributed by atoms with van der Waals surface area (Å²) < 4.78 is 41.7. The van der Waals surface area contributed by atoms with E-state index in [-0.39, 0.29) is 18.6 Å². The molecule has 0 aromatic carbocycles. The molecule has 1 atom stereocenters. The van der Waals surface area contributed by atoms with Gasteiger partial charge in [0.25, 0.3) is 0 Å². The van der Waals surface area contributed by atoms with Gasteiger partial charge >= 0.3 is 12.1 Å². The van der Waals surface area contributed by atoms with E-state index in [1.807, 2.05) is 38.8 Å². The van der Waals surface area contributed by atoms with Crippen LogP contribution in [-0.4, -0.2) is 33.0 Å². The molecule has 1 amide bonds. The van der Waals surface area contributed by atoms with Crippen LogP contribution < -0.4 is 5.32 Å². The van der Waals surface area contributed by atoms with Gasteiger partial charge in [0, 0.05) is 6.54 Å². The molecule has 0 aromatic rings. The molecule has 102 valence electrons. The molecule has 0 saturated heterocycles. The molecule has 0 saturated carbocycles. The Morgan fingerprint density at radius 2 is 1.76 bits per heavy atom. The maximum absolute atomic E-state index is 12.0. The lowest BCUT2D eigenvalue weighted by atomic mass is 10.1. The Labute approximate surface area is 101 Å². The number of hydrogen-bond acceptors (Lipinski definition) is 2. The fourth-order valence-corrected chi connectivity index (χ4v) is 2.42. The Balaban J connectivity index is 4.34. The fourth-order valence-electron chi connectivity index (χ4n) is 1.16. The number of hydrogen-bond donors (Lipinski definition) is 1. The molecule has 0 aliphatic carbocycles. The van der Waals surface area contributed by atoms with Gasteiger partial charge in [-0.2, -0.15) is 13.2 Å². The van der Waals surface area contributed by atoms with Crippen molar-refractivity contribution in [3.05, 3.63) is 0 Å². The number of carbonyl (C=O) groups excluding carboxylic acids is 1. The summed E-state index contributed by atoms with van der Waals surface area (Å²) in [6, 6.07) is 0. The average Bonchev–Trinajstić information content (AvgIpc) is 2.07. The molecule has 3 nitrogen and oxygen atoms in total. The topological polar surface area (TPSA) is 38.3 Å². The zero-order chi connectivity index (χ0) is 13.9. The number of amides is 1. The number of halogens is 3. The van der Waals surface area contributed by atoms with Crippen LogP contribution in [0.25, 0.3) is 0 Å². The molecule has 0 spiro atoms. The molecular weight excluding hydrogens is 251 g/mol. The first-order valence-corrected chi connectivity index (χ1v) is 8.87. The number of carbonyl (C=O) groups is 1. The standard InChI is InChI=1S/C10H20F3NO2Si/c1-7(2)8(16-17(3,4)5)6-14-9(15)10(11,12)13/h7-8H,6H2,1-5H3,(H,14,15)/t8-/m1/s1. The highest BCUT2D eigenvalue weighted by molar-refractivity contribution is 6.69. The Hall–Kier alpha value is -0.563. The van der Waals surface area contributed by atoms with Gasteiger partial charge in [0.1, 0.15) is 0 Å². The molecule has 0 heterocycles. The van der Waals surface area contributed by atoms with Gasteiger partial charge in [-0.05, 0) is 25.6 Å². The molecule has 0 aliphatic rings. The molecule has 0 radical (unpaired) electrons. The lowest BCUT2D eigenvalue weighted by molar-refractivity contribution is -0.174. The van der Waals surface area contributed by atoms with Crippen molar-refractivity contribution in [2.75, 3.05) is 6.54 Å². The summed E-state index contributed by atoms with van der Waals surface area (Å²) in [5.74, 6) is -1.86. The first kappa shape index (κ1) is 16.4. The van der Waals surface area contributed by atoms with E-state index in [0.29, 0.717) is 0 Å². The molecule has 0 fully saturated rings. The van der Waals surface area contributed by atoms with Crippen molar-refractivity contribution < 1.29 is 22.4 Å². The maximum atomic E-state index is 12.0. The van der Waals surface area contributed by atoms with Crippen molar-refractivity contribution in [1.29, 1.82) is 0 Å². The van der Waals surface area contributed by atoms with Crippen LogP contribution in [-0.2, 0) is 9.22 Å². The Kier molecular flexibility index (Phi) is 5.66. The zero-order valence-electron chi connectivity index (χ0n) is 10.8. The minimum atomic E-state index is -4.83. The predicted molar refractivity (Wildman–Crippen MR) is 62.1 cm³/mol. The summed E-state index contributed by atoms with van der Waals surface area (Å²) >= 11 is 0. The van der Waals surface area contributed by atoms with Crippen molar-refractivity contribution in [2.24, 2.45) is 5.92 Å². The van der Waals surface area contributed by atoms with Crippen molar-refractivity contribution in [2.45, 2.75) is 45.8 Å². The second-order valence-electron chi connectivity index (χ2n) is 5.22. The van der Waals surface area contributed by atoms with E-state index < -0.39 is 20.4 Å². The molecule has 0 rings (SSSR count). The second kappa shape index (κ2) is 5.86. The highest BCUT2D eigenvalue weighted by Gasteiger charge is 2.39. The van der Waals surface area contributed by atoms with Crippen LogP contribution in [0.3, 0.4) is 0 Å². The second-order valence-corrected chi connectivity index (χ2v) is 9.68. The van der Waals surface area contributed by atoms with Crippen LogP contribution in [0, 0.1) is 5.92 Å². The van der Waals surface area contributed by atoms with Gasteiger partial charge in [0.15, 0.2) is 8.32 Å². The van der Waals surface area contributed by atoms with E-state index >= 15 is 0 Å². The summed E-state index contributed by atoms with van der Waals surface area (Å²) in [4.78, 5) is 10.7. The van der Waals surface area contributed by atoms with Crippen LogP contribution in [0.4, 0.5) is 13.2 Å². The number of rotatable bonds is 5. The summed E-state index contributed by atoms with van der Waals surface area (Å²) in [7, 11) is -1.83. The SMILES string of the molecule is CC(C)[C@@H](CNC(=O)C(F)(F)F)O[Si](C)(C)C. The van der Waals surface area contributed by atoms with E-state index in [4.69, 9.17) is 4.43 Å². The lowest BCUT2D eigenvalue weighted by Gasteiger charge is -2.29. The normalized spacial score (nSPS) is 14.9. The summed E-state index contributed by atoms with van der Waals surface area (Å²) in [6.45, 7) is 9.45. The Morgan fingerprint density at radius 3 is 2.06 bits per heavy atom. The van der Waals surface area contributed by atoms with Crippen LogP contribution in [0.15, 0.2) is 0 Å². The van der Waals surface area contributed by atoms with Crippen LogP contribution in [0.1, 0.15) is 13.8 Å². The largest absolute Gasteiger partial charge is 0.471 e. The lowest BCUT2D eigenvalue weighted by Crippen LogP contribution is -2.46. The maximum Gasteiger partial charge on any atom is 0.471 e. The Bertz CT molecular complexity index is 261. The van der Waals surface area contributed by atoms with Crippen LogP contribution >= 0.6 is 0 Å². The van der Waals surface area contributed by atoms with E-state index in [1.54, 1.807) is 0 Å². The van der Waals surface area contributed by atoms with Gasteiger partial charge < -0.3 is 9.74 Å². The quantitative estimate of drug-likeness (QED) is 0.780. The molecular formula is C10H20F3NO2Si. The van der Waals surface area contributed by atoms with E-state index in [2.05, 4.69) is 0 Å². The van der Waals surface area contributed by atoms with Crippen LogP contribution in [0.5, 0.6) is 0 Å². The van der Waals surface area contributed by atoms with Gasteiger partial charge in [-0.25, -0.2) is 0 Å². The van der Waals surface area contributed by atoms with Gasteiger partial charge in [-0.1, -0.05) is 13.8 Å². The van der Waals surface area contributed by atoms with Gasteiger partial charge in [-0.3, -0.25) is 4.79 Å². The molecule has 1 N–H and O–H groups in total. The van der Waals surface area contributed by atoms with Gasteiger partial charge in [0.05, 0.1) is 6.10 Å². The fraction of sp³-hybridized carbons (Fsp3) is 0.900. The van der Waals surface area contributed by atoms with Crippen LogP contribution in [0.2, 0.25) is 19.6 Å². The first-order chi connectivity index (χ1) is 7.43. The molecule has 7 heteroatoms. The molecule has 17 heavy (non-hydrogen) atoms. The van der Waals surface area contributed by atoms with E-state index in [9.17, 15) is 18.0 Å². The highest BCUT2D eigenvalue weighted by Crippen LogP contribution is 2.16. The predicted octanol–water partition coefficient (Wildman–Crippen LogP) is 2.54. The Morgan fingerprint density at radius 1 is 1.29 bits per heavy atom. The summed E-state index contributed by atoms with van der Waals surface area (Å²) in [5, 5.41) is 1.86. The first-order valence-electron chi connectivity index (χ1n) is 5.46. The molecule has 0 bridgehead atoms. The van der Waals surface area contributed by atoms with Crippen molar-refractivity contribution in [3.8, 4) is 0 Å². The minimum Gasteiger partial charge on any atom is -0.413 e. The summed E-state index contributed by atoms with van der Waals surface area (Å²) in [5.41, 5.74) is 0. The zero-order valence-corrected chi connectivity index (χ0v) is 11.8. The molecule has 0 unspecified atom stereocenters. The smallest absolute Gasteiger partial charge is 0.413 e. The number of nitrogens with one attached hydrogen (secondary N) is 1. The average molecular weight is 271 g/mol. The van der Waals surface area contributed by atoms with Crippen molar-refractivity contribution in [3.63, 3.8) is 0 Å². The number of alkyl halides is 3. The summed E-state index contributed by atoms with van der Waals surface area (Å²) in [6.07, 6.45) is -5.21. The van der Waals surface area contributed by atoms with Gasteiger partial charge in [-0.15, -0.1) is 0 Å². The third-order valence-corrected chi connectivity index (χ3v) is 2.98. The monoisotopic (exact) mass is 271 g/mol. The van der Waals surface area contributed by atoms with Crippen molar-refractivity contribution >= 4 is 14.2 Å². The molecule has 0 aromatic heterocycles. The third kappa shape index (κ3) is 7.38. The highest BCUT2D eigenvalue weighted by atomic mass is 28.4. The van der Waals surface area contributed by atoms with Crippen molar-refractivity contribution in [1.82, 2.24) is 5.32 Å². The minimum absolute atomic E-state index is 0.0512. The molecule has 0 aliphatic heterocycles.